The van der Waals surface area contributed by atoms with E-state index < -0.39 is 0 Å². The Morgan fingerprint density at radius 3 is 1.42 bits per heavy atom. The normalized spacial score (nSPS) is 12.7. The van der Waals surface area contributed by atoms with Crippen LogP contribution in [0.15, 0.2) is 223 Å². The Kier molecular flexibility index (Phi) is 8.84. The van der Waals surface area contributed by atoms with Crippen LogP contribution in [0.1, 0.15) is 25.0 Å². The molecular formula is C61H42N2O. The average molecular weight is 819 g/mol. The van der Waals surface area contributed by atoms with Gasteiger partial charge >= 0.3 is 0 Å². The molecule has 1 aliphatic carbocycles. The molecule has 0 amide bonds. The van der Waals surface area contributed by atoms with E-state index in [1.54, 1.807) is 0 Å². The van der Waals surface area contributed by atoms with E-state index in [9.17, 15) is 0 Å². The Hall–Kier alpha value is -8.14. The van der Waals surface area contributed by atoms with E-state index in [1.807, 2.05) is 18.2 Å². The van der Waals surface area contributed by atoms with Crippen molar-refractivity contribution >= 4 is 21.9 Å². The molecule has 0 fully saturated rings. The molecule has 0 N–H and O–H groups in total. The molecule has 0 spiro atoms. The molecular weight excluding hydrogens is 777 g/mol. The van der Waals surface area contributed by atoms with Gasteiger partial charge in [-0.1, -0.05) is 166 Å². The quantitative estimate of drug-likeness (QED) is 0.161. The molecule has 11 aromatic rings. The first kappa shape index (κ1) is 37.6. The predicted octanol–water partition coefficient (Wildman–Crippen LogP) is 16.4. The molecule has 0 bridgehead atoms. The van der Waals surface area contributed by atoms with E-state index in [0.29, 0.717) is 5.82 Å². The molecule has 302 valence electrons. The van der Waals surface area contributed by atoms with E-state index in [1.165, 1.54) is 27.8 Å². The summed E-state index contributed by atoms with van der Waals surface area (Å²) in [5, 5.41) is 2.21. The van der Waals surface area contributed by atoms with Crippen molar-refractivity contribution in [2.45, 2.75) is 19.3 Å². The van der Waals surface area contributed by atoms with Crippen molar-refractivity contribution in [3.8, 4) is 89.5 Å². The number of hydrogen-bond acceptors (Lipinski definition) is 3. The number of para-hydroxylation sites is 1. The van der Waals surface area contributed by atoms with Gasteiger partial charge in [0.15, 0.2) is 5.82 Å². The molecule has 2 aromatic heterocycles. The Bertz CT molecular complexity index is 3570. The second kappa shape index (κ2) is 15.0. The van der Waals surface area contributed by atoms with Crippen LogP contribution in [0.3, 0.4) is 0 Å². The SMILES string of the molecule is CC1(C)c2ccccc2-c2ccc(-c3cc(-c4ccccc4)cc(-c4cc(-c5cc(-c6ccccc6)cc(-c6ccc7oc8ccccc8c7c6)c5)nc(-c5ccccc5)n4)c3)cc21. The molecule has 2 heterocycles. The maximum atomic E-state index is 6.24. The first-order valence-electron chi connectivity index (χ1n) is 22.0. The molecule has 0 saturated carbocycles. The predicted molar refractivity (Wildman–Crippen MR) is 265 cm³/mol. The molecule has 3 nitrogen and oxygen atoms in total. The number of furan rings is 1. The van der Waals surface area contributed by atoms with Gasteiger partial charge in [-0.3, -0.25) is 0 Å². The Morgan fingerprint density at radius 1 is 0.312 bits per heavy atom. The lowest BCUT2D eigenvalue weighted by Crippen LogP contribution is -2.14. The van der Waals surface area contributed by atoms with Crippen molar-refractivity contribution in [3.05, 3.63) is 230 Å². The van der Waals surface area contributed by atoms with Crippen LogP contribution in [0.25, 0.3) is 111 Å². The number of rotatable bonds is 7. The summed E-state index contributed by atoms with van der Waals surface area (Å²) in [5.41, 5.74) is 20.8. The number of nitrogens with zero attached hydrogens (tertiary/aromatic N) is 2. The van der Waals surface area contributed by atoms with Crippen molar-refractivity contribution in [1.82, 2.24) is 9.97 Å². The van der Waals surface area contributed by atoms with Crippen LogP contribution in [-0.2, 0) is 5.41 Å². The summed E-state index contributed by atoms with van der Waals surface area (Å²) in [7, 11) is 0. The van der Waals surface area contributed by atoms with Gasteiger partial charge in [-0.05, 0) is 133 Å². The van der Waals surface area contributed by atoms with Gasteiger partial charge in [0.25, 0.3) is 0 Å². The molecule has 12 rings (SSSR count). The summed E-state index contributed by atoms with van der Waals surface area (Å²) >= 11 is 0. The first-order valence-corrected chi connectivity index (χ1v) is 22.0. The van der Waals surface area contributed by atoms with Crippen LogP contribution >= 0.6 is 0 Å². The van der Waals surface area contributed by atoms with Gasteiger partial charge < -0.3 is 4.42 Å². The Balaban J connectivity index is 1.06. The smallest absolute Gasteiger partial charge is 0.160 e. The van der Waals surface area contributed by atoms with Gasteiger partial charge in [0, 0.05) is 32.9 Å². The highest BCUT2D eigenvalue weighted by molar-refractivity contribution is 6.06. The minimum Gasteiger partial charge on any atom is -0.456 e. The fraction of sp³-hybridized carbons (Fsp3) is 0.0492. The van der Waals surface area contributed by atoms with Crippen molar-refractivity contribution in [3.63, 3.8) is 0 Å². The number of aromatic nitrogens is 2. The molecule has 9 aromatic carbocycles. The summed E-state index contributed by atoms with van der Waals surface area (Å²) in [6.45, 7) is 4.69. The molecule has 0 saturated heterocycles. The number of fused-ring (bicyclic) bond motifs is 6. The topological polar surface area (TPSA) is 38.9 Å². The standard InChI is InChI=1S/C61H42N2O/c1-61(2)54-24-14-12-22-50(54)51-28-26-43(37-55(51)61)47-31-45(40-18-8-4-9-19-40)33-49(35-47)57-38-56(62-60(63-57)41-20-10-5-11-21-41)48-32-44(39-16-6-3-7-17-39)30-46(34-48)42-27-29-59-53(36-42)52-23-13-15-25-58(52)64-59/h3-38H,1-2H3. The minimum atomic E-state index is -0.112. The third-order valence-electron chi connectivity index (χ3n) is 13.1. The zero-order valence-electron chi connectivity index (χ0n) is 35.6. The zero-order valence-corrected chi connectivity index (χ0v) is 35.6. The maximum Gasteiger partial charge on any atom is 0.160 e. The van der Waals surface area contributed by atoms with E-state index in [4.69, 9.17) is 14.4 Å². The zero-order chi connectivity index (χ0) is 42.8. The van der Waals surface area contributed by atoms with Crippen molar-refractivity contribution in [1.29, 1.82) is 0 Å². The molecule has 0 unspecified atom stereocenters. The van der Waals surface area contributed by atoms with Gasteiger partial charge in [0.2, 0.25) is 0 Å². The van der Waals surface area contributed by atoms with Crippen LogP contribution in [0.4, 0.5) is 0 Å². The van der Waals surface area contributed by atoms with E-state index in [0.717, 1.165) is 89.0 Å². The minimum absolute atomic E-state index is 0.112. The summed E-state index contributed by atoms with van der Waals surface area (Å²) in [4.78, 5) is 10.7. The van der Waals surface area contributed by atoms with Gasteiger partial charge in [0.1, 0.15) is 11.2 Å². The van der Waals surface area contributed by atoms with Crippen molar-refractivity contribution in [2.75, 3.05) is 0 Å². The molecule has 1 aliphatic rings. The largest absolute Gasteiger partial charge is 0.456 e. The summed E-state index contributed by atoms with van der Waals surface area (Å²) in [5.74, 6) is 0.676. The van der Waals surface area contributed by atoms with Gasteiger partial charge in [-0.15, -0.1) is 0 Å². The third kappa shape index (κ3) is 6.53. The van der Waals surface area contributed by atoms with Crippen LogP contribution < -0.4 is 0 Å². The van der Waals surface area contributed by atoms with E-state index in [-0.39, 0.29) is 5.41 Å². The molecule has 3 heteroatoms. The van der Waals surface area contributed by atoms with Crippen molar-refractivity contribution < 1.29 is 4.42 Å². The monoisotopic (exact) mass is 818 g/mol. The third-order valence-corrected chi connectivity index (χ3v) is 13.1. The van der Waals surface area contributed by atoms with E-state index in [2.05, 4.69) is 214 Å². The highest BCUT2D eigenvalue weighted by Gasteiger charge is 2.35. The van der Waals surface area contributed by atoms with E-state index >= 15 is 0 Å². The molecule has 0 atom stereocenters. The van der Waals surface area contributed by atoms with Crippen molar-refractivity contribution in [2.24, 2.45) is 0 Å². The Labute approximate surface area is 373 Å². The highest BCUT2D eigenvalue weighted by Crippen LogP contribution is 2.50. The van der Waals surface area contributed by atoms with Crippen LogP contribution in [0.2, 0.25) is 0 Å². The number of benzene rings is 9. The summed E-state index contributed by atoms with van der Waals surface area (Å²) in [6, 6.07) is 78.1. The lowest BCUT2D eigenvalue weighted by molar-refractivity contribution is 0.660. The fourth-order valence-corrected chi connectivity index (χ4v) is 9.73. The highest BCUT2D eigenvalue weighted by atomic mass is 16.3. The maximum absolute atomic E-state index is 6.24. The van der Waals surface area contributed by atoms with Gasteiger partial charge in [-0.25, -0.2) is 9.97 Å². The molecule has 64 heavy (non-hydrogen) atoms. The fourth-order valence-electron chi connectivity index (χ4n) is 9.73. The molecule has 0 aliphatic heterocycles. The summed E-state index contributed by atoms with van der Waals surface area (Å²) in [6.07, 6.45) is 0. The van der Waals surface area contributed by atoms with Crippen LogP contribution in [0, 0.1) is 0 Å². The summed E-state index contributed by atoms with van der Waals surface area (Å²) < 4.78 is 6.24. The lowest BCUT2D eigenvalue weighted by Gasteiger charge is -2.22. The lowest BCUT2D eigenvalue weighted by atomic mass is 9.81. The van der Waals surface area contributed by atoms with Gasteiger partial charge in [0.05, 0.1) is 11.4 Å². The first-order chi connectivity index (χ1) is 31.4. The van der Waals surface area contributed by atoms with Crippen LogP contribution in [-0.4, -0.2) is 9.97 Å². The average Bonchev–Trinajstić information content (AvgIpc) is 3.85. The number of hydrogen-bond donors (Lipinski definition) is 0. The molecule has 0 radical (unpaired) electrons. The van der Waals surface area contributed by atoms with Gasteiger partial charge in [-0.2, -0.15) is 0 Å². The second-order valence-corrected chi connectivity index (χ2v) is 17.4. The Morgan fingerprint density at radius 2 is 0.781 bits per heavy atom. The second-order valence-electron chi connectivity index (χ2n) is 17.4. The van der Waals surface area contributed by atoms with Crippen LogP contribution in [0.5, 0.6) is 0 Å².